The molecule has 4 aromatic heterocycles. The number of nitro benzene ring substituents is 1. The van der Waals surface area contributed by atoms with Gasteiger partial charge in [0.05, 0.1) is 27.4 Å². The largest absolute Gasteiger partial charge is 0.446 e. The zero-order valence-corrected chi connectivity index (χ0v) is 20.1. The highest BCUT2D eigenvalue weighted by molar-refractivity contribution is 9.10. The number of rotatable bonds is 3. The fourth-order valence-corrected chi connectivity index (χ4v) is 4.93. The predicted molar refractivity (Wildman–Crippen MR) is 133 cm³/mol. The summed E-state index contributed by atoms with van der Waals surface area (Å²) in [6.07, 6.45) is 1.45. The fraction of sp³-hybridized carbons (Fsp3) is 0.0400. The number of halogens is 1. The number of aromatic nitrogens is 4. The molecule has 11 nitrogen and oxygen atoms in total. The highest BCUT2D eigenvalue weighted by Crippen LogP contribution is 2.49. The van der Waals surface area contributed by atoms with Crippen molar-refractivity contribution in [3.63, 3.8) is 0 Å². The predicted octanol–water partition coefficient (Wildman–Crippen LogP) is 5.45. The summed E-state index contributed by atoms with van der Waals surface area (Å²) in [7, 11) is 0. The molecule has 0 aliphatic carbocycles. The van der Waals surface area contributed by atoms with Crippen LogP contribution in [0.2, 0.25) is 0 Å². The Labute approximate surface area is 214 Å². The third-order valence-electron chi connectivity index (χ3n) is 6.17. The topological polar surface area (TPSA) is 139 Å². The molecule has 0 N–H and O–H groups in total. The molecule has 1 unspecified atom stereocenters. The van der Waals surface area contributed by atoms with Gasteiger partial charge in [0.25, 0.3) is 5.69 Å². The summed E-state index contributed by atoms with van der Waals surface area (Å²) in [4.78, 5) is 33.6. The molecule has 0 radical (unpaired) electrons. The molecule has 0 saturated carbocycles. The van der Waals surface area contributed by atoms with Crippen molar-refractivity contribution < 1.29 is 18.5 Å². The Morgan fingerprint density at radius 2 is 1.89 bits per heavy atom. The van der Waals surface area contributed by atoms with Crippen molar-refractivity contribution in [2.75, 3.05) is 0 Å². The molecule has 1 aliphatic rings. The number of hydrogen-bond acceptors (Lipinski definition) is 9. The summed E-state index contributed by atoms with van der Waals surface area (Å²) < 4.78 is 19.4. The number of hydrogen-bond donors (Lipinski definition) is 0. The standard InChI is InChI=1S/C25H12BrN5O6/c26-17-9-8-16(35-17)22-28-23-20-18(12-4-3-5-13(10-12)31(33)34)19-21(37-24(20)27-11-30(23)29-22)14-6-1-2-7-15(14)36-25(19)32/h1-11,18H. The van der Waals surface area contributed by atoms with Crippen LogP contribution in [0.3, 0.4) is 0 Å². The van der Waals surface area contributed by atoms with Crippen LogP contribution >= 0.6 is 15.9 Å². The normalized spacial score (nSPS) is 14.4. The number of nitrogens with zero attached hydrogens (tertiary/aromatic N) is 5. The SMILES string of the molecule is O=c1oc2ccccc2c2c1C(c1cccc([N+](=O)[O-])c1)c1c(ncn3nc(-c4ccc(Br)o4)nc13)O2. The Kier molecular flexibility index (Phi) is 4.54. The van der Waals surface area contributed by atoms with E-state index in [0.29, 0.717) is 38.2 Å². The van der Waals surface area contributed by atoms with Crippen molar-refractivity contribution in [2.24, 2.45) is 0 Å². The minimum absolute atomic E-state index is 0.125. The van der Waals surface area contributed by atoms with Gasteiger partial charge in [0, 0.05) is 12.1 Å². The van der Waals surface area contributed by atoms with E-state index >= 15 is 0 Å². The van der Waals surface area contributed by atoms with Gasteiger partial charge in [-0.25, -0.2) is 19.3 Å². The summed E-state index contributed by atoms with van der Waals surface area (Å²) in [5.74, 6) is 0.347. The fourth-order valence-electron chi connectivity index (χ4n) is 4.62. The van der Waals surface area contributed by atoms with Gasteiger partial charge in [0.1, 0.15) is 11.9 Å². The highest BCUT2D eigenvalue weighted by atomic mass is 79.9. The van der Waals surface area contributed by atoms with Gasteiger partial charge >= 0.3 is 5.63 Å². The molecule has 0 saturated heterocycles. The minimum Gasteiger partial charge on any atom is -0.446 e. The molecule has 0 spiro atoms. The monoisotopic (exact) mass is 557 g/mol. The van der Waals surface area contributed by atoms with E-state index in [1.807, 2.05) is 0 Å². The Morgan fingerprint density at radius 3 is 2.70 bits per heavy atom. The lowest BCUT2D eigenvalue weighted by Gasteiger charge is -2.27. The number of non-ortho nitro benzene ring substituents is 1. The number of fused-ring (bicyclic) bond motifs is 6. The van der Waals surface area contributed by atoms with Crippen LogP contribution in [0.15, 0.2) is 85.3 Å². The zero-order valence-electron chi connectivity index (χ0n) is 18.5. The summed E-state index contributed by atoms with van der Waals surface area (Å²) in [5.41, 5.74) is 1.02. The summed E-state index contributed by atoms with van der Waals surface area (Å²) >= 11 is 3.28. The van der Waals surface area contributed by atoms with E-state index in [-0.39, 0.29) is 28.7 Å². The smallest absolute Gasteiger partial charge is 0.344 e. The van der Waals surface area contributed by atoms with E-state index in [1.54, 1.807) is 48.5 Å². The lowest BCUT2D eigenvalue weighted by Crippen LogP contribution is -2.22. The maximum Gasteiger partial charge on any atom is 0.344 e. The summed E-state index contributed by atoms with van der Waals surface area (Å²) in [5, 5.41) is 16.6. The molecule has 37 heavy (non-hydrogen) atoms. The van der Waals surface area contributed by atoms with Crippen molar-refractivity contribution in [1.29, 1.82) is 0 Å². The Balaban J connectivity index is 1.56. The van der Waals surface area contributed by atoms with Crippen molar-refractivity contribution in [2.45, 2.75) is 5.92 Å². The van der Waals surface area contributed by atoms with Crippen LogP contribution in [0.4, 0.5) is 5.69 Å². The van der Waals surface area contributed by atoms with Crippen molar-refractivity contribution in [3.05, 3.63) is 109 Å². The van der Waals surface area contributed by atoms with E-state index < -0.39 is 16.5 Å². The number of benzene rings is 2. The third kappa shape index (κ3) is 3.26. The van der Waals surface area contributed by atoms with Crippen LogP contribution in [0, 0.1) is 10.1 Å². The van der Waals surface area contributed by atoms with Crippen molar-refractivity contribution in [1.82, 2.24) is 19.6 Å². The van der Waals surface area contributed by atoms with E-state index in [2.05, 4.69) is 31.0 Å². The van der Waals surface area contributed by atoms with Crippen molar-refractivity contribution >= 4 is 38.2 Å². The molecule has 0 amide bonds. The van der Waals surface area contributed by atoms with Gasteiger partial charge in [0.2, 0.25) is 11.7 Å². The van der Waals surface area contributed by atoms with E-state index in [0.717, 1.165) is 0 Å². The Hall–Kier alpha value is -4.84. The van der Waals surface area contributed by atoms with E-state index in [4.69, 9.17) is 13.6 Å². The molecule has 5 heterocycles. The average molecular weight is 558 g/mol. The van der Waals surface area contributed by atoms with Crippen LogP contribution in [0.5, 0.6) is 11.6 Å². The number of nitro groups is 1. The molecule has 180 valence electrons. The lowest BCUT2D eigenvalue weighted by molar-refractivity contribution is -0.384. The molecule has 6 aromatic rings. The second kappa shape index (κ2) is 7.83. The lowest BCUT2D eigenvalue weighted by atomic mass is 9.84. The maximum absolute atomic E-state index is 13.4. The van der Waals surface area contributed by atoms with E-state index in [1.165, 1.54) is 23.0 Å². The Bertz CT molecular complexity index is 1960. The third-order valence-corrected chi connectivity index (χ3v) is 6.60. The van der Waals surface area contributed by atoms with Crippen LogP contribution in [0.1, 0.15) is 22.6 Å². The molecule has 7 rings (SSSR count). The van der Waals surface area contributed by atoms with Crippen LogP contribution in [-0.4, -0.2) is 24.5 Å². The van der Waals surface area contributed by atoms with Crippen LogP contribution < -0.4 is 10.4 Å². The highest BCUT2D eigenvalue weighted by Gasteiger charge is 2.38. The minimum atomic E-state index is -0.837. The van der Waals surface area contributed by atoms with Gasteiger partial charge < -0.3 is 13.6 Å². The van der Waals surface area contributed by atoms with Gasteiger partial charge in [-0.2, -0.15) is 0 Å². The molecular weight excluding hydrogens is 546 g/mol. The summed E-state index contributed by atoms with van der Waals surface area (Å²) in [6, 6.07) is 16.5. The van der Waals surface area contributed by atoms with Gasteiger partial charge in [-0.1, -0.05) is 24.3 Å². The van der Waals surface area contributed by atoms with E-state index in [9.17, 15) is 14.9 Å². The second-order valence-corrected chi connectivity index (χ2v) is 9.07. The number of furan rings is 1. The zero-order chi connectivity index (χ0) is 25.3. The first-order valence-electron chi connectivity index (χ1n) is 11.0. The first-order chi connectivity index (χ1) is 18.0. The number of ether oxygens (including phenoxy) is 1. The molecular formula is C25H12BrN5O6. The second-order valence-electron chi connectivity index (χ2n) is 8.29. The maximum atomic E-state index is 13.4. The molecule has 0 fully saturated rings. The van der Waals surface area contributed by atoms with Crippen LogP contribution in [0.25, 0.3) is 28.2 Å². The van der Waals surface area contributed by atoms with Gasteiger partial charge in [0.15, 0.2) is 21.8 Å². The van der Waals surface area contributed by atoms with Crippen molar-refractivity contribution in [3.8, 4) is 23.2 Å². The molecule has 12 heteroatoms. The number of para-hydroxylation sites is 1. The molecule has 2 aromatic carbocycles. The Morgan fingerprint density at radius 1 is 1.03 bits per heavy atom. The summed E-state index contributed by atoms with van der Waals surface area (Å²) in [6.45, 7) is 0. The van der Waals surface area contributed by atoms with Gasteiger partial charge in [-0.3, -0.25) is 10.1 Å². The first kappa shape index (κ1) is 21.4. The molecule has 1 aliphatic heterocycles. The van der Waals surface area contributed by atoms with Crippen LogP contribution in [-0.2, 0) is 0 Å². The van der Waals surface area contributed by atoms with Gasteiger partial charge in [-0.05, 0) is 45.8 Å². The quantitative estimate of drug-likeness (QED) is 0.157. The average Bonchev–Trinajstić information content (AvgIpc) is 3.54. The van der Waals surface area contributed by atoms with Gasteiger partial charge in [-0.15, -0.1) is 5.10 Å². The first-order valence-corrected chi connectivity index (χ1v) is 11.8. The molecule has 1 atom stereocenters. The molecule has 0 bridgehead atoms.